The van der Waals surface area contributed by atoms with Crippen LogP contribution in [0.25, 0.3) is 11.1 Å². The average molecular weight is 541 g/mol. The van der Waals surface area contributed by atoms with Gasteiger partial charge in [-0.2, -0.15) is 13.2 Å². The second kappa shape index (κ2) is 12.3. The number of ether oxygens (including phenoxy) is 1. The van der Waals surface area contributed by atoms with E-state index in [4.69, 9.17) is 4.74 Å². The lowest BCUT2D eigenvalue weighted by molar-refractivity contribution is -0.138. The summed E-state index contributed by atoms with van der Waals surface area (Å²) in [6.07, 6.45) is -4.82. The Hall–Kier alpha value is -3.20. The molecule has 0 saturated heterocycles. The van der Waals surface area contributed by atoms with Crippen molar-refractivity contribution in [1.29, 1.82) is 0 Å². The van der Waals surface area contributed by atoms with E-state index in [0.717, 1.165) is 22.8 Å². The summed E-state index contributed by atoms with van der Waals surface area (Å²) in [5, 5.41) is 9.98. The van der Waals surface area contributed by atoms with Crippen molar-refractivity contribution >= 4 is 5.91 Å². The molecule has 0 unspecified atom stereocenters. The summed E-state index contributed by atoms with van der Waals surface area (Å²) in [5.74, 6) is -0.345. The molecule has 1 aliphatic rings. The maximum atomic E-state index is 13.9. The molecule has 0 bridgehead atoms. The molecule has 1 aliphatic heterocycles. The molecular formula is C31H35F3N2O3. The molecule has 3 aromatic rings. The fraction of sp³-hybridized carbons (Fsp3) is 0.387. The van der Waals surface area contributed by atoms with E-state index < -0.39 is 17.8 Å². The van der Waals surface area contributed by atoms with Gasteiger partial charge in [0.2, 0.25) is 0 Å². The molecule has 0 aromatic heterocycles. The van der Waals surface area contributed by atoms with Gasteiger partial charge in [0.15, 0.2) is 0 Å². The number of hydrogen-bond donors (Lipinski definition) is 1. The lowest BCUT2D eigenvalue weighted by atomic mass is 9.94. The standard InChI is InChI=1S/C31H35F3N2O3/c1-21-16-36(22(2)19-37)30(38)27-14-8-7-13-26(27)25-12-6-4-11-24(25)20-39-29(21)18-35(3)17-23-10-5-9-15-28(23)31(32,33)34/h4-15,21-22,29,37H,16-20H2,1-3H3/t21-,22-,29-/m0/s1. The van der Waals surface area contributed by atoms with Gasteiger partial charge >= 0.3 is 6.18 Å². The Balaban J connectivity index is 1.67. The minimum absolute atomic E-state index is 0.0972. The zero-order chi connectivity index (χ0) is 28.2. The van der Waals surface area contributed by atoms with Crippen molar-refractivity contribution in [2.45, 2.75) is 45.3 Å². The predicted octanol–water partition coefficient (Wildman–Crippen LogP) is 5.86. The third-order valence-electron chi connectivity index (χ3n) is 7.35. The first kappa shape index (κ1) is 28.8. The van der Waals surface area contributed by atoms with Crippen LogP contribution in [0, 0.1) is 5.92 Å². The minimum Gasteiger partial charge on any atom is -0.394 e. The van der Waals surface area contributed by atoms with Gasteiger partial charge in [0.05, 0.1) is 30.9 Å². The number of hydrogen-bond acceptors (Lipinski definition) is 4. The van der Waals surface area contributed by atoms with Gasteiger partial charge in [0.1, 0.15) is 0 Å². The van der Waals surface area contributed by atoms with E-state index in [1.54, 1.807) is 31.0 Å². The number of carbonyl (C=O) groups is 1. The second-order valence-corrected chi connectivity index (χ2v) is 10.4. The molecule has 8 heteroatoms. The number of fused-ring (bicyclic) bond motifs is 3. The highest BCUT2D eigenvalue weighted by atomic mass is 19.4. The van der Waals surface area contributed by atoms with Gasteiger partial charge in [0.25, 0.3) is 5.91 Å². The normalized spacial score (nSPS) is 19.3. The first-order valence-corrected chi connectivity index (χ1v) is 13.1. The molecular weight excluding hydrogens is 505 g/mol. The zero-order valence-corrected chi connectivity index (χ0v) is 22.5. The highest BCUT2D eigenvalue weighted by Crippen LogP contribution is 2.33. The maximum Gasteiger partial charge on any atom is 0.416 e. The molecule has 1 heterocycles. The molecule has 208 valence electrons. The Morgan fingerprint density at radius 3 is 2.31 bits per heavy atom. The van der Waals surface area contributed by atoms with Crippen LogP contribution in [0.2, 0.25) is 0 Å². The van der Waals surface area contributed by atoms with E-state index in [-0.39, 0.29) is 43.3 Å². The summed E-state index contributed by atoms with van der Waals surface area (Å²) in [6.45, 7) is 4.65. The first-order chi connectivity index (χ1) is 18.6. The molecule has 1 N–H and O–H groups in total. The molecule has 0 saturated carbocycles. The maximum absolute atomic E-state index is 13.9. The SMILES string of the molecule is C[C@H]1CN([C@@H](C)CO)C(=O)c2ccccc2-c2ccccc2CO[C@H]1CN(C)Cc1ccccc1C(F)(F)F. The van der Waals surface area contributed by atoms with E-state index in [1.807, 2.05) is 54.3 Å². The van der Waals surface area contributed by atoms with Crippen LogP contribution in [0.15, 0.2) is 72.8 Å². The van der Waals surface area contributed by atoms with Gasteiger partial charge in [-0.1, -0.05) is 67.6 Å². The predicted molar refractivity (Wildman–Crippen MR) is 145 cm³/mol. The van der Waals surface area contributed by atoms with Crippen molar-refractivity contribution in [3.05, 3.63) is 95.1 Å². The van der Waals surface area contributed by atoms with Crippen LogP contribution in [0.3, 0.4) is 0 Å². The number of likely N-dealkylation sites (N-methyl/N-ethyl adjacent to an activating group) is 1. The minimum atomic E-state index is -4.43. The highest BCUT2D eigenvalue weighted by Gasteiger charge is 2.34. The molecule has 0 radical (unpaired) electrons. The van der Waals surface area contributed by atoms with Crippen LogP contribution in [0.1, 0.15) is 40.9 Å². The van der Waals surface area contributed by atoms with E-state index in [9.17, 15) is 23.1 Å². The largest absolute Gasteiger partial charge is 0.416 e. The van der Waals surface area contributed by atoms with Gasteiger partial charge in [-0.05, 0) is 48.4 Å². The number of rotatable bonds is 6. The van der Waals surface area contributed by atoms with Gasteiger partial charge in [-0.25, -0.2) is 0 Å². The lowest BCUT2D eigenvalue weighted by Crippen LogP contribution is -2.47. The molecule has 3 aromatic carbocycles. The lowest BCUT2D eigenvalue weighted by Gasteiger charge is -2.35. The van der Waals surface area contributed by atoms with Crippen LogP contribution in [0.4, 0.5) is 13.2 Å². The summed E-state index contributed by atoms with van der Waals surface area (Å²) in [7, 11) is 1.78. The van der Waals surface area contributed by atoms with Gasteiger partial charge < -0.3 is 14.7 Å². The fourth-order valence-electron chi connectivity index (χ4n) is 5.15. The highest BCUT2D eigenvalue weighted by molar-refractivity contribution is 6.01. The zero-order valence-electron chi connectivity index (χ0n) is 22.5. The number of aliphatic hydroxyl groups excluding tert-OH is 1. The number of alkyl halides is 3. The van der Waals surface area contributed by atoms with Gasteiger partial charge in [-0.3, -0.25) is 9.69 Å². The van der Waals surface area contributed by atoms with E-state index >= 15 is 0 Å². The Morgan fingerprint density at radius 2 is 1.62 bits per heavy atom. The Morgan fingerprint density at radius 1 is 1.00 bits per heavy atom. The third-order valence-corrected chi connectivity index (χ3v) is 7.35. The Kier molecular flexibility index (Phi) is 9.10. The van der Waals surface area contributed by atoms with Gasteiger partial charge in [-0.15, -0.1) is 0 Å². The Bertz CT molecular complexity index is 1280. The summed E-state index contributed by atoms with van der Waals surface area (Å²) < 4.78 is 47.2. The molecule has 0 spiro atoms. The number of benzene rings is 3. The molecule has 5 nitrogen and oxygen atoms in total. The van der Waals surface area contributed by atoms with Crippen LogP contribution < -0.4 is 0 Å². The molecule has 39 heavy (non-hydrogen) atoms. The molecule has 1 amide bonds. The van der Waals surface area contributed by atoms with Crippen molar-refractivity contribution < 1.29 is 27.8 Å². The first-order valence-electron chi connectivity index (χ1n) is 13.1. The topological polar surface area (TPSA) is 53.0 Å². The second-order valence-electron chi connectivity index (χ2n) is 10.4. The molecule has 4 rings (SSSR count). The van der Waals surface area contributed by atoms with Crippen molar-refractivity contribution in [1.82, 2.24) is 9.80 Å². The monoisotopic (exact) mass is 540 g/mol. The average Bonchev–Trinajstić information content (AvgIpc) is 2.94. The van der Waals surface area contributed by atoms with E-state index in [1.165, 1.54) is 12.1 Å². The third kappa shape index (κ3) is 6.69. The summed E-state index contributed by atoms with van der Waals surface area (Å²) >= 11 is 0. The number of nitrogens with zero attached hydrogens (tertiary/aromatic N) is 2. The number of carbonyl (C=O) groups excluding carboxylic acids is 1. The van der Waals surface area contributed by atoms with Crippen molar-refractivity contribution in [2.75, 3.05) is 26.7 Å². The molecule has 0 aliphatic carbocycles. The van der Waals surface area contributed by atoms with E-state index in [2.05, 4.69) is 0 Å². The quantitative estimate of drug-likeness (QED) is 0.426. The van der Waals surface area contributed by atoms with Crippen molar-refractivity contribution in [3.63, 3.8) is 0 Å². The molecule has 3 atom stereocenters. The number of amides is 1. The summed E-state index contributed by atoms with van der Waals surface area (Å²) in [6, 6.07) is 20.4. The van der Waals surface area contributed by atoms with Crippen LogP contribution >= 0.6 is 0 Å². The number of aliphatic hydroxyl groups is 1. The van der Waals surface area contributed by atoms with Crippen molar-refractivity contribution in [2.24, 2.45) is 5.92 Å². The fourth-order valence-corrected chi connectivity index (χ4v) is 5.15. The van der Waals surface area contributed by atoms with Crippen molar-refractivity contribution in [3.8, 4) is 11.1 Å². The van der Waals surface area contributed by atoms with Crippen LogP contribution in [-0.4, -0.2) is 59.7 Å². The summed E-state index contributed by atoms with van der Waals surface area (Å²) in [5.41, 5.74) is 2.71. The number of halogens is 3. The smallest absolute Gasteiger partial charge is 0.394 e. The van der Waals surface area contributed by atoms with E-state index in [0.29, 0.717) is 18.7 Å². The van der Waals surface area contributed by atoms with Crippen LogP contribution in [-0.2, 0) is 24.1 Å². The van der Waals surface area contributed by atoms with Gasteiger partial charge in [0, 0.05) is 31.1 Å². The molecule has 0 fully saturated rings. The summed E-state index contributed by atoms with van der Waals surface area (Å²) in [4.78, 5) is 17.4. The Labute approximate surface area is 227 Å². The van der Waals surface area contributed by atoms with Crippen LogP contribution in [0.5, 0.6) is 0 Å².